The third kappa shape index (κ3) is 4.15. The smallest absolute Gasteiger partial charge is 0.263 e. The van der Waals surface area contributed by atoms with Crippen LogP contribution in [0, 0.1) is 13.8 Å². The van der Waals surface area contributed by atoms with Gasteiger partial charge in [-0.1, -0.05) is 47.5 Å². The number of carbonyl (C=O) groups excluding carboxylic acids is 2. The first-order valence-electron chi connectivity index (χ1n) is 8.10. The van der Waals surface area contributed by atoms with E-state index in [4.69, 9.17) is 17.0 Å². The van der Waals surface area contributed by atoms with Crippen molar-refractivity contribution >= 4 is 35.2 Å². The number of aryl methyl sites for hydroxylation is 2. The molecule has 1 aliphatic rings. The van der Waals surface area contributed by atoms with E-state index in [1.54, 1.807) is 12.1 Å². The van der Waals surface area contributed by atoms with Crippen molar-refractivity contribution in [1.29, 1.82) is 0 Å². The van der Waals surface area contributed by atoms with Gasteiger partial charge in [0.2, 0.25) is 0 Å². The van der Waals surface area contributed by atoms with Gasteiger partial charge in [0, 0.05) is 5.56 Å². The van der Waals surface area contributed by atoms with Gasteiger partial charge in [-0.15, -0.1) is 0 Å². The van der Waals surface area contributed by atoms with Crippen LogP contribution in [0.1, 0.15) is 22.3 Å². The number of amides is 2. The molecule has 0 bridgehead atoms. The Hall–Kier alpha value is -2.99. The third-order valence-electron chi connectivity index (χ3n) is 3.84. The lowest BCUT2D eigenvalue weighted by atomic mass is 10.1. The molecule has 1 saturated heterocycles. The number of hydrogen-bond donors (Lipinski definition) is 2. The zero-order chi connectivity index (χ0) is 18.7. The minimum atomic E-state index is -0.525. The fourth-order valence-electron chi connectivity index (χ4n) is 2.81. The summed E-state index contributed by atoms with van der Waals surface area (Å²) in [4.78, 5) is 24.0. The summed E-state index contributed by atoms with van der Waals surface area (Å²) in [6.07, 6.45) is 1.50. The Kier molecular flexibility index (Phi) is 5.14. The summed E-state index contributed by atoms with van der Waals surface area (Å²) in [5.41, 5.74) is 4.03. The molecule has 1 aliphatic heterocycles. The Balaban J connectivity index is 1.84. The van der Waals surface area contributed by atoms with Crippen molar-refractivity contribution in [3.63, 3.8) is 0 Å². The van der Waals surface area contributed by atoms with Crippen molar-refractivity contribution in [1.82, 2.24) is 10.6 Å². The Morgan fingerprint density at radius 2 is 1.62 bits per heavy atom. The quantitative estimate of drug-likeness (QED) is 0.496. The molecule has 2 aromatic carbocycles. The van der Waals surface area contributed by atoms with Crippen LogP contribution in [0.15, 0.2) is 48.0 Å². The van der Waals surface area contributed by atoms with Gasteiger partial charge in [0.05, 0.1) is 0 Å². The normalized spacial score (nSPS) is 13.9. The molecule has 2 aromatic rings. The summed E-state index contributed by atoms with van der Waals surface area (Å²) in [7, 11) is 0. The Bertz CT molecular complexity index is 892. The van der Waals surface area contributed by atoms with Gasteiger partial charge in [0.25, 0.3) is 11.8 Å². The lowest BCUT2D eigenvalue weighted by molar-refractivity contribution is -0.123. The molecule has 0 saturated carbocycles. The van der Waals surface area contributed by atoms with Crippen molar-refractivity contribution in [3.05, 3.63) is 70.3 Å². The van der Waals surface area contributed by atoms with Crippen molar-refractivity contribution in [2.45, 2.75) is 20.5 Å². The zero-order valence-electron chi connectivity index (χ0n) is 14.5. The van der Waals surface area contributed by atoms with Crippen LogP contribution >= 0.6 is 12.2 Å². The number of carbonyl (C=O) groups is 2. The molecule has 3 rings (SSSR count). The van der Waals surface area contributed by atoms with Crippen LogP contribution < -0.4 is 15.4 Å². The molecule has 0 aliphatic carbocycles. The van der Waals surface area contributed by atoms with Gasteiger partial charge in [-0.2, -0.15) is 0 Å². The second-order valence-electron chi connectivity index (χ2n) is 6.12. The number of thiocarbonyl (C=S) groups is 1. The van der Waals surface area contributed by atoms with Crippen LogP contribution in [0.3, 0.4) is 0 Å². The Morgan fingerprint density at radius 3 is 2.27 bits per heavy atom. The summed E-state index contributed by atoms with van der Waals surface area (Å²) in [5, 5.41) is 4.85. The zero-order valence-corrected chi connectivity index (χ0v) is 15.3. The van der Waals surface area contributed by atoms with Gasteiger partial charge < -0.3 is 4.74 Å². The Morgan fingerprint density at radius 1 is 1.00 bits per heavy atom. The number of para-hydroxylation sites is 1. The Labute approximate surface area is 157 Å². The standard InChI is InChI=1S/C20H18N2O3S/c1-12-7-13(2)9-14(8-12)11-25-17-6-4-3-5-15(17)10-16-18(23)21-20(26)22-19(16)24/h3-10H,11H2,1-2H3,(H2,21,22,23,24,26). The van der Waals surface area contributed by atoms with Crippen LogP contribution in [0.25, 0.3) is 6.08 Å². The largest absolute Gasteiger partial charge is 0.488 e. The van der Waals surface area contributed by atoms with Gasteiger partial charge in [0.15, 0.2) is 5.11 Å². The number of ether oxygens (including phenoxy) is 1. The predicted octanol–water partition coefficient (Wildman–Crippen LogP) is 2.80. The van der Waals surface area contributed by atoms with Gasteiger partial charge >= 0.3 is 0 Å². The van der Waals surface area contributed by atoms with E-state index >= 15 is 0 Å². The second-order valence-corrected chi connectivity index (χ2v) is 6.53. The minimum Gasteiger partial charge on any atom is -0.488 e. The van der Waals surface area contributed by atoms with E-state index in [1.807, 2.05) is 26.0 Å². The molecule has 5 nitrogen and oxygen atoms in total. The van der Waals surface area contributed by atoms with E-state index in [0.717, 1.165) is 5.56 Å². The second kappa shape index (κ2) is 7.49. The molecule has 0 atom stereocenters. The summed E-state index contributed by atoms with van der Waals surface area (Å²) < 4.78 is 5.93. The first-order valence-corrected chi connectivity index (χ1v) is 8.50. The average molecular weight is 366 g/mol. The number of rotatable bonds is 4. The molecule has 6 heteroatoms. The monoisotopic (exact) mass is 366 g/mol. The van der Waals surface area contributed by atoms with Crippen molar-refractivity contribution in [3.8, 4) is 5.75 Å². The predicted molar refractivity (Wildman–Crippen MR) is 104 cm³/mol. The molecule has 26 heavy (non-hydrogen) atoms. The summed E-state index contributed by atoms with van der Waals surface area (Å²) >= 11 is 4.80. The number of hydrogen-bond acceptors (Lipinski definition) is 4. The molecule has 1 fully saturated rings. The van der Waals surface area contributed by atoms with E-state index in [0.29, 0.717) is 17.9 Å². The number of benzene rings is 2. The van der Waals surface area contributed by atoms with Gasteiger partial charge in [-0.05, 0) is 43.8 Å². The van der Waals surface area contributed by atoms with Crippen LogP contribution in [0.2, 0.25) is 0 Å². The summed E-state index contributed by atoms with van der Waals surface area (Å²) in [6, 6.07) is 13.5. The topological polar surface area (TPSA) is 67.4 Å². The molecule has 2 amide bonds. The third-order valence-corrected chi connectivity index (χ3v) is 4.04. The highest BCUT2D eigenvalue weighted by Gasteiger charge is 2.26. The molecule has 0 radical (unpaired) electrons. The highest BCUT2D eigenvalue weighted by Crippen LogP contribution is 2.23. The SMILES string of the molecule is Cc1cc(C)cc(COc2ccccc2C=C2C(=O)NC(=S)NC2=O)c1. The fraction of sp³-hybridized carbons (Fsp3) is 0.150. The summed E-state index contributed by atoms with van der Waals surface area (Å²) in [6.45, 7) is 4.48. The molecule has 1 heterocycles. The van der Waals surface area contributed by atoms with E-state index in [-0.39, 0.29) is 10.7 Å². The first kappa shape index (κ1) is 17.8. The lowest BCUT2D eigenvalue weighted by Gasteiger charge is -2.17. The van der Waals surface area contributed by atoms with Crippen molar-refractivity contribution < 1.29 is 14.3 Å². The van der Waals surface area contributed by atoms with Crippen molar-refractivity contribution in [2.24, 2.45) is 0 Å². The summed E-state index contributed by atoms with van der Waals surface area (Å²) in [5.74, 6) is -0.460. The molecular formula is C20H18N2O3S. The van der Waals surface area contributed by atoms with Crippen LogP contribution in [0.5, 0.6) is 5.75 Å². The maximum absolute atomic E-state index is 12.0. The molecular weight excluding hydrogens is 348 g/mol. The molecule has 0 unspecified atom stereocenters. The van der Waals surface area contributed by atoms with Crippen LogP contribution in [0.4, 0.5) is 0 Å². The van der Waals surface area contributed by atoms with E-state index in [2.05, 4.69) is 28.8 Å². The van der Waals surface area contributed by atoms with Crippen LogP contribution in [-0.4, -0.2) is 16.9 Å². The molecule has 0 spiro atoms. The van der Waals surface area contributed by atoms with Crippen molar-refractivity contribution in [2.75, 3.05) is 0 Å². The van der Waals surface area contributed by atoms with Gasteiger partial charge in [0.1, 0.15) is 17.9 Å². The van der Waals surface area contributed by atoms with Crippen LogP contribution in [-0.2, 0) is 16.2 Å². The fourth-order valence-corrected chi connectivity index (χ4v) is 2.99. The first-order chi connectivity index (χ1) is 12.4. The maximum Gasteiger partial charge on any atom is 0.263 e. The lowest BCUT2D eigenvalue weighted by Crippen LogP contribution is -2.51. The van der Waals surface area contributed by atoms with E-state index in [9.17, 15) is 9.59 Å². The average Bonchev–Trinajstić information content (AvgIpc) is 2.56. The van der Waals surface area contributed by atoms with Gasteiger partial charge in [-0.25, -0.2) is 0 Å². The van der Waals surface area contributed by atoms with E-state index < -0.39 is 11.8 Å². The van der Waals surface area contributed by atoms with Gasteiger partial charge in [-0.3, -0.25) is 20.2 Å². The molecule has 2 N–H and O–H groups in total. The molecule has 0 aromatic heterocycles. The number of nitrogens with one attached hydrogen (secondary N) is 2. The molecule has 132 valence electrons. The highest BCUT2D eigenvalue weighted by atomic mass is 32.1. The van der Waals surface area contributed by atoms with E-state index in [1.165, 1.54) is 17.2 Å². The highest BCUT2D eigenvalue weighted by molar-refractivity contribution is 7.80. The minimum absolute atomic E-state index is 0.0107. The maximum atomic E-state index is 12.0.